The van der Waals surface area contributed by atoms with E-state index in [1.54, 1.807) is 0 Å². The molecular weight excluding hydrogens is 324 g/mol. The number of carbonyl (C=O) groups is 1. The van der Waals surface area contributed by atoms with Crippen LogP contribution in [-0.2, 0) is 5.54 Å². The molecule has 1 aromatic carbocycles. The molecule has 0 saturated carbocycles. The average Bonchev–Trinajstić information content (AvgIpc) is 2.43. The number of benzene rings is 1. The Balaban J connectivity index is 2.58. The summed E-state index contributed by atoms with van der Waals surface area (Å²) in [7, 11) is 0. The van der Waals surface area contributed by atoms with Crippen molar-refractivity contribution in [2.24, 2.45) is 0 Å². The van der Waals surface area contributed by atoms with Gasteiger partial charge >= 0.3 is 6.09 Å². The van der Waals surface area contributed by atoms with Crippen LogP contribution in [0, 0.1) is 5.82 Å². The van der Waals surface area contributed by atoms with Gasteiger partial charge in [0.25, 0.3) is 5.92 Å². The van der Waals surface area contributed by atoms with Crippen molar-refractivity contribution in [3.05, 3.63) is 29.6 Å². The minimum atomic E-state index is -3.59. The summed E-state index contributed by atoms with van der Waals surface area (Å²) in [5.41, 5.74) is -3.47. The molecule has 120 valence electrons. The molecule has 1 unspecified atom stereocenters. The largest absolute Gasteiger partial charge is 0.465 e. The van der Waals surface area contributed by atoms with Crippen molar-refractivity contribution in [3.8, 4) is 0 Å². The Morgan fingerprint density at radius 2 is 2.14 bits per heavy atom. The molecule has 1 aliphatic rings. The minimum absolute atomic E-state index is 0.000396. The van der Waals surface area contributed by atoms with Crippen molar-refractivity contribution < 1.29 is 27.5 Å². The SMILES string of the molecule is O=C(O)Nc1ccc(F)c(C2(CF)NC(=S)CCC2(F)F)c1. The van der Waals surface area contributed by atoms with Crippen molar-refractivity contribution in [3.63, 3.8) is 0 Å². The van der Waals surface area contributed by atoms with Crippen molar-refractivity contribution in [1.82, 2.24) is 5.32 Å². The van der Waals surface area contributed by atoms with Crippen LogP contribution in [0.5, 0.6) is 0 Å². The topological polar surface area (TPSA) is 61.4 Å². The molecule has 1 aliphatic heterocycles. The highest BCUT2D eigenvalue weighted by Crippen LogP contribution is 2.45. The molecule has 1 fully saturated rings. The average molecular weight is 336 g/mol. The number of hydrogen-bond acceptors (Lipinski definition) is 2. The van der Waals surface area contributed by atoms with Gasteiger partial charge in [-0.15, -0.1) is 0 Å². The quantitative estimate of drug-likeness (QED) is 0.585. The third-order valence-corrected chi connectivity index (χ3v) is 3.83. The molecule has 1 saturated heterocycles. The summed E-state index contributed by atoms with van der Waals surface area (Å²) in [5, 5.41) is 12.8. The molecule has 2 rings (SSSR count). The number of carboxylic acid groups (broad SMARTS) is 1. The van der Waals surface area contributed by atoms with Gasteiger partial charge in [0.15, 0.2) is 5.54 Å². The summed E-state index contributed by atoms with van der Waals surface area (Å²) in [4.78, 5) is 10.6. The number of nitrogens with one attached hydrogen (secondary N) is 2. The van der Waals surface area contributed by atoms with Crippen LogP contribution in [0.3, 0.4) is 0 Å². The summed E-state index contributed by atoms with van der Waals surface area (Å²) in [6.07, 6.45) is -2.32. The highest BCUT2D eigenvalue weighted by Gasteiger charge is 2.58. The normalized spacial score (nSPS) is 23.7. The molecule has 9 heteroatoms. The van der Waals surface area contributed by atoms with E-state index in [0.29, 0.717) is 0 Å². The standard InChI is InChI=1S/C13H12F4N2O2S/c14-6-12(13(16,17)4-3-10(22)19-12)8-5-7(18-11(20)21)1-2-9(8)15/h1-2,5,18H,3-4,6H2,(H,19,22)(H,20,21). The predicted molar refractivity (Wildman–Crippen MR) is 75.6 cm³/mol. The molecule has 1 heterocycles. The van der Waals surface area contributed by atoms with Crippen molar-refractivity contribution in [1.29, 1.82) is 0 Å². The Labute approximate surface area is 128 Å². The smallest absolute Gasteiger partial charge is 0.409 e. The summed E-state index contributed by atoms with van der Waals surface area (Å²) < 4.78 is 56.2. The number of halogens is 4. The molecule has 22 heavy (non-hydrogen) atoms. The molecule has 0 spiro atoms. The lowest BCUT2D eigenvalue weighted by Crippen LogP contribution is -2.62. The van der Waals surface area contributed by atoms with Crippen molar-refractivity contribution >= 4 is 29.0 Å². The third kappa shape index (κ3) is 2.72. The van der Waals surface area contributed by atoms with E-state index in [-0.39, 0.29) is 17.1 Å². The fourth-order valence-electron chi connectivity index (χ4n) is 2.40. The second-order valence-corrected chi connectivity index (χ2v) is 5.41. The molecule has 0 radical (unpaired) electrons. The van der Waals surface area contributed by atoms with Gasteiger partial charge in [-0.1, -0.05) is 12.2 Å². The van der Waals surface area contributed by atoms with Crippen LogP contribution in [0.1, 0.15) is 18.4 Å². The zero-order valence-electron chi connectivity index (χ0n) is 11.1. The zero-order valence-corrected chi connectivity index (χ0v) is 11.9. The lowest BCUT2D eigenvalue weighted by Gasteiger charge is -2.44. The molecular formula is C13H12F4N2O2S. The van der Waals surface area contributed by atoms with Crippen molar-refractivity contribution in [2.45, 2.75) is 24.3 Å². The van der Waals surface area contributed by atoms with E-state index < -0.39 is 42.0 Å². The molecule has 0 bridgehead atoms. The molecule has 1 atom stereocenters. The molecule has 3 N–H and O–H groups in total. The van der Waals surface area contributed by atoms with Gasteiger partial charge in [0.1, 0.15) is 12.5 Å². The summed E-state index contributed by atoms with van der Waals surface area (Å²) in [6, 6.07) is 2.70. The van der Waals surface area contributed by atoms with Crippen LogP contribution in [-0.4, -0.2) is 28.8 Å². The fraction of sp³-hybridized carbons (Fsp3) is 0.385. The second kappa shape index (κ2) is 5.71. The maximum Gasteiger partial charge on any atom is 0.409 e. The highest BCUT2D eigenvalue weighted by molar-refractivity contribution is 7.80. The van der Waals surface area contributed by atoms with Gasteiger partial charge in [0, 0.05) is 24.1 Å². The van der Waals surface area contributed by atoms with E-state index in [9.17, 15) is 22.4 Å². The molecule has 0 aliphatic carbocycles. The summed E-state index contributed by atoms with van der Waals surface area (Å²) in [6.45, 7) is -1.60. The number of amides is 1. The molecule has 4 nitrogen and oxygen atoms in total. The van der Waals surface area contributed by atoms with Crippen LogP contribution in [0.4, 0.5) is 28.0 Å². The Bertz CT molecular complexity index is 626. The number of hydrogen-bond donors (Lipinski definition) is 3. The Hall–Kier alpha value is -1.90. The van der Waals surface area contributed by atoms with Gasteiger partial charge in [0.05, 0.1) is 4.99 Å². The van der Waals surface area contributed by atoms with E-state index in [0.717, 1.165) is 18.2 Å². The summed E-state index contributed by atoms with van der Waals surface area (Å²) in [5.74, 6) is -4.67. The van der Waals surface area contributed by atoms with E-state index >= 15 is 0 Å². The predicted octanol–water partition coefficient (Wildman–Crippen LogP) is 3.43. The number of anilines is 1. The zero-order chi connectivity index (χ0) is 16.5. The van der Waals surface area contributed by atoms with Gasteiger partial charge in [-0.25, -0.2) is 22.4 Å². The first-order valence-electron chi connectivity index (χ1n) is 6.26. The first-order valence-corrected chi connectivity index (χ1v) is 6.67. The Morgan fingerprint density at radius 3 is 2.73 bits per heavy atom. The van der Waals surface area contributed by atoms with E-state index in [4.69, 9.17) is 17.3 Å². The number of piperidine rings is 1. The minimum Gasteiger partial charge on any atom is -0.465 e. The van der Waals surface area contributed by atoms with Crippen LogP contribution >= 0.6 is 12.2 Å². The van der Waals surface area contributed by atoms with Gasteiger partial charge in [0.2, 0.25) is 0 Å². The maximum atomic E-state index is 14.3. The van der Waals surface area contributed by atoms with E-state index in [1.807, 2.05) is 5.32 Å². The van der Waals surface area contributed by atoms with Crippen LogP contribution in [0.2, 0.25) is 0 Å². The molecule has 0 aromatic heterocycles. The highest BCUT2D eigenvalue weighted by atomic mass is 32.1. The maximum absolute atomic E-state index is 14.3. The van der Waals surface area contributed by atoms with Crippen LogP contribution in [0.15, 0.2) is 18.2 Å². The second-order valence-electron chi connectivity index (χ2n) is 4.92. The monoisotopic (exact) mass is 336 g/mol. The van der Waals surface area contributed by atoms with Gasteiger partial charge in [-0.3, -0.25) is 5.32 Å². The Kier molecular flexibility index (Phi) is 4.28. The first kappa shape index (κ1) is 16.5. The van der Waals surface area contributed by atoms with Crippen LogP contribution in [0.25, 0.3) is 0 Å². The van der Waals surface area contributed by atoms with Gasteiger partial charge < -0.3 is 10.4 Å². The van der Waals surface area contributed by atoms with Gasteiger partial charge in [-0.2, -0.15) is 0 Å². The number of thiocarbonyl (C=S) groups is 1. The molecule has 1 amide bonds. The third-order valence-electron chi connectivity index (χ3n) is 3.52. The number of alkyl halides is 3. The fourth-order valence-corrected chi connectivity index (χ4v) is 2.67. The lowest BCUT2D eigenvalue weighted by atomic mass is 9.79. The lowest BCUT2D eigenvalue weighted by molar-refractivity contribution is -0.109. The van der Waals surface area contributed by atoms with Crippen molar-refractivity contribution in [2.75, 3.05) is 12.0 Å². The molecule has 1 aromatic rings. The Morgan fingerprint density at radius 1 is 1.45 bits per heavy atom. The van der Waals surface area contributed by atoms with Crippen LogP contribution < -0.4 is 10.6 Å². The van der Waals surface area contributed by atoms with E-state index in [1.165, 1.54) is 0 Å². The van der Waals surface area contributed by atoms with Gasteiger partial charge in [-0.05, 0) is 18.2 Å². The summed E-state index contributed by atoms with van der Waals surface area (Å²) >= 11 is 4.83. The number of rotatable bonds is 3. The van der Waals surface area contributed by atoms with E-state index in [2.05, 4.69) is 5.32 Å². The first-order chi connectivity index (χ1) is 10.2.